The summed E-state index contributed by atoms with van der Waals surface area (Å²) in [4.78, 5) is 23.6. The van der Waals surface area contributed by atoms with E-state index in [1.807, 2.05) is 0 Å². The molecule has 1 aromatic rings. The quantitative estimate of drug-likeness (QED) is 0.841. The van der Waals surface area contributed by atoms with Crippen molar-refractivity contribution in [1.82, 2.24) is 15.5 Å². The molecule has 0 fully saturated rings. The van der Waals surface area contributed by atoms with Crippen LogP contribution in [0.25, 0.3) is 0 Å². The molecule has 104 valence electrons. The van der Waals surface area contributed by atoms with E-state index in [2.05, 4.69) is 15.5 Å². The van der Waals surface area contributed by atoms with Crippen molar-refractivity contribution in [2.24, 2.45) is 0 Å². The van der Waals surface area contributed by atoms with Gasteiger partial charge in [-0.3, -0.25) is 4.79 Å². The summed E-state index contributed by atoms with van der Waals surface area (Å²) in [7, 11) is 0. The van der Waals surface area contributed by atoms with Crippen molar-refractivity contribution in [3.8, 4) is 0 Å². The molecule has 1 heterocycles. The van der Waals surface area contributed by atoms with Crippen LogP contribution in [0.1, 0.15) is 48.4 Å². The number of carboxylic acids is 1. The van der Waals surface area contributed by atoms with Crippen molar-refractivity contribution >= 4 is 11.9 Å². The van der Waals surface area contributed by atoms with Gasteiger partial charge in [-0.05, 0) is 32.8 Å². The average molecular weight is 265 g/mol. The van der Waals surface area contributed by atoms with Gasteiger partial charge in [0.15, 0.2) is 0 Å². The van der Waals surface area contributed by atoms with Crippen molar-refractivity contribution in [3.05, 3.63) is 23.0 Å². The number of aromatic nitrogens is 2. The molecule has 0 aliphatic carbocycles. The molecule has 0 radical (unpaired) electrons. The number of nitrogens with zero attached hydrogens (tertiary/aromatic N) is 2. The molecule has 0 aliphatic rings. The Morgan fingerprint density at radius 3 is 2.32 bits per heavy atom. The Bertz CT molecular complexity index is 496. The minimum atomic E-state index is -1.24. The van der Waals surface area contributed by atoms with Crippen molar-refractivity contribution in [2.75, 3.05) is 0 Å². The topological polar surface area (TPSA) is 92.2 Å². The third-order valence-corrected chi connectivity index (χ3v) is 3.31. The highest BCUT2D eigenvalue weighted by Gasteiger charge is 2.36. The molecule has 6 nitrogen and oxygen atoms in total. The first-order chi connectivity index (χ1) is 8.86. The van der Waals surface area contributed by atoms with Crippen LogP contribution in [0, 0.1) is 13.8 Å². The van der Waals surface area contributed by atoms with Crippen LogP contribution in [-0.2, 0) is 4.79 Å². The number of hydrogen-bond donors (Lipinski definition) is 2. The highest BCUT2D eigenvalue weighted by molar-refractivity contribution is 5.98. The fourth-order valence-electron chi connectivity index (χ4n) is 1.85. The number of carbonyl (C=O) groups excluding carboxylic acids is 1. The number of nitrogens with one attached hydrogen (secondary N) is 1. The molecule has 0 atom stereocenters. The van der Waals surface area contributed by atoms with E-state index in [1.165, 1.54) is 0 Å². The van der Waals surface area contributed by atoms with Crippen LogP contribution < -0.4 is 5.32 Å². The second kappa shape index (κ2) is 5.77. The van der Waals surface area contributed by atoms with Crippen LogP contribution in [0.5, 0.6) is 0 Å². The zero-order valence-corrected chi connectivity index (χ0v) is 11.6. The summed E-state index contributed by atoms with van der Waals surface area (Å²) in [5.74, 6) is -1.45. The Hall–Kier alpha value is -1.98. The van der Waals surface area contributed by atoms with Gasteiger partial charge in [0, 0.05) is 0 Å². The zero-order valence-electron chi connectivity index (χ0n) is 11.6. The molecule has 1 amide bonds. The van der Waals surface area contributed by atoms with E-state index in [0.29, 0.717) is 29.8 Å². The summed E-state index contributed by atoms with van der Waals surface area (Å²) in [6.07, 6.45) is 0.641. The zero-order chi connectivity index (χ0) is 14.6. The molecular formula is C13H19N3O3. The van der Waals surface area contributed by atoms with E-state index < -0.39 is 17.4 Å². The summed E-state index contributed by atoms with van der Waals surface area (Å²) >= 11 is 0. The summed E-state index contributed by atoms with van der Waals surface area (Å²) in [6.45, 7) is 6.87. The highest BCUT2D eigenvalue weighted by atomic mass is 16.4. The molecule has 0 saturated heterocycles. The van der Waals surface area contributed by atoms with Gasteiger partial charge >= 0.3 is 5.97 Å². The van der Waals surface area contributed by atoms with Crippen LogP contribution in [0.15, 0.2) is 6.07 Å². The number of amides is 1. The molecule has 0 bridgehead atoms. The number of hydrogen-bond acceptors (Lipinski definition) is 4. The lowest BCUT2D eigenvalue weighted by molar-refractivity contribution is -0.144. The van der Waals surface area contributed by atoms with E-state index in [1.54, 1.807) is 33.8 Å². The Morgan fingerprint density at radius 2 is 1.84 bits per heavy atom. The maximum atomic E-state index is 12.2. The Morgan fingerprint density at radius 1 is 1.26 bits per heavy atom. The second-order valence-electron chi connectivity index (χ2n) is 4.53. The van der Waals surface area contributed by atoms with Crippen molar-refractivity contribution in [3.63, 3.8) is 0 Å². The molecule has 0 aromatic carbocycles. The third kappa shape index (κ3) is 3.07. The fourth-order valence-corrected chi connectivity index (χ4v) is 1.85. The standard InChI is InChI=1S/C13H19N3O3/c1-5-13(6-2,12(18)19)14-11(17)10-7-8(3)15-16-9(10)4/h7H,5-6H2,1-4H3,(H,14,17)(H,18,19). The third-order valence-electron chi connectivity index (χ3n) is 3.31. The summed E-state index contributed by atoms with van der Waals surface area (Å²) < 4.78 is 0. The van der Waals surface area contributed by atoms with Crippen molar-refractivity contribution < 1.29 is 14.7 Å². The molecule has 2 N–H and O–H groups in total. The lowest BCUT2D eigenvalue weighted by atomic mass is 9.92. The smallest absolute Gasteiger partial charge is 0.329 e. The summed E-state index contributed by atoms with van der Waals surface area (Å²) in [5, 5.41) is 19.6. The van der Waals surface area contributed by atoms with Gasteiger partial charge in [-0.25, -0.2) is 4.79 Å². The van der Waals surface area contributed by atoms with Gasteiger partial charge in [0.1, 0.15) is 5.54 Å². The molecule has 0 aliphatic heterocycles. The van der Waals surface area contributed by atoms with Crippen molar-refractivity contribution in [1.29, 1.82) is 0 Å². The second-order valence-corrected chi connectivity index (χ2v) is 4.53. The van der Waals surface area contributed by atoms with E-state index in [0.717, 1.165) is 0 Å². The molecule has 0 spiro atoms. The van der Waals surface area contributed by atoms with Gasteiger partial charge in [0.2, 0.25) is 0 Å². The maximum absolute atomic E-state index is 12.2. The van der Waals surface area contributed by atoms with E-state index in [-0.39, 0.29) is 0 Å². The van der Waals surface area contributed by atoms with E-state index >= 15 is 0 Å². The fraction of sp³-hybridized carbons (Fsp3) is 0.538. The van der Waals surface area contributed by atoms with Crippen LogP contribution in [0.3, 0.4) is 0 Å². The van der Waals surface area contributed by atoms with E-state index in [4.69, 9.17) is 0 Å². The minimum absolute atomic E-state index is 0.321. The van der Waals surface area contributed by atoms with Gasteiger partial charge in [0.05, 0.1) is 17.0 Å². The van der Waals surface area contributed by atoms with Gasteiger partial charge in [-0.15, -0.1) is 0 Å². The Kier molecular flexibility index (Phi) is 4.58. The first-order valence-electron chi connectivity index (χ1n) is 6.23. The van der Waals surface area contributed by atoms with Gasteiger partial charge in [0.25, 0.3) is 5.91 Å². The number of carboxylic acid groups (broad SMARTS) is 1. The number of aliphatic carboxylic acids is 1. The van der Waals surface area contributed by atoms with Gasteiger partial charge in [-0.2, -0.15) is 10.2 Å². The first-order valence-corrected chi connectivity index (χ1v) is 6.23. The monoisotopic (exact) mass is 265 g/mol. The van der Waals surface area contributed by atoms with Crippen LogP contribution in [-0.4, -0.2) is 32.7 Å². The van der Waals surface area contributed by atoms with Gasteiger partial charge in [-0.1, -0.05) is 13.8 Å². The summed E-state index contributed by atoms with van der Waals surface area (Å²) in [5.41, 5.74) is 0.222. The van der Waals surface area contributed by atoms with Crippen LogP contribution in [0.4, 0.5) is 0 Å². The molecule has 19 heavy (non-hydrogen) atoms. The molecule has 1 aromatic heterocycles. The van der Waals surface area contributed by atoms with Crippen molar-refractivity contribution in [2.45, 2.75) is 46.1 Å². The molecular weight excluding hydrogens is 246 g/mol. The molecule has 0 unspecified atom stereocenters. The number of aryl methyl sites for hydroxylation is 2. The predicted octanol–water partition coefficient (Wildman–Crippen LogP) is 1.47. The molecule has 1 rings (SSSR count). The minimum Gasteiger partial charge on any atom is -0.480 e. The average Bonchev–Trinajstić information content (AvgIpc) is 2.38. The highest BCUT2D eigenvalue weighted by Crippen LogP contribution is 2.17. The predicted molar refractivity (Wildman–Crippen MR) is 69.9 cm³/mol. The normalized spacial score (nSPS) is 11.2. The van der Waals surface area contributed by atoms with E-state index in [9.17, 15) is 14.7 Å². The Balaban J connectivity index is 3.07. The summed E-state index contributed by atoms with van der Waals surface area (Å²) in [6, 6.07) is 1.61. The Labute approximate surface area is 112 Å². The SMILES string of the molecule is CCC(CC)(NC(=O)c1cc(C)nnc1C)C(=O)O. The largest absolute Gasteiger partial charge is 0.480 e. The van der Waals surface area contributed by atoms with Gasteiger partial charge < -0.3 is 10.4 Å². The molecule has 0 saturated carbocycles. The maximum Gasteiger partial charge on any atom is 0.329 e. The first kappa shape index (κ1) is 15.1. The lowest BCUT2D eigenvalue weighted by Gasteiger charge is -2.28. The number of carbonyl (C=O) groups is 2. The lowest BCUT2D eigenvalue weighted by Crippen LogP contribution is -2.53. The van der Waals surface area contributed by atoms with Crippen LogP contribution in [0.2, 0.25) is 0 Å². The number of rotatable bonds is 5. The molecule has 6 heteroatoms. The van der Waals surface area contributed by atoms with Crippen LogP contribution >= 0.6 is 0 Å².